The van der Waals surface area contributed by atoms with Crippen LogP contribution in [-0.2, 0) is 6.54 Å². The van der Waals surface area contributed by atoms with Crippen LogP contribution in [0.5, 0.6) is 0 Å². The SMILES string of the molecule is CCNc1cccc(NCCn2ccnn2)c1[N+](=O)[O-]. The smallest absolute Gasteiger partial charge is 0.315 e. The molecule has 0 amide bonds. The van der Waals surface area contributed by atoms with E-state index in [1.54, 1.807) is 35.3 Å². The van der Waals surface area contributed by atoms with Gasteiger partial charge in [0.1, 0.15) is 11.4 Å². The third-order valence-electron chi connectivity index (χ3n) is 2.71. The molecule has 2 rings (SSSR count). The monoisotopic (exact) mass is 276 g/mol. The molecule has 1 aromatic carbocycles. The number of nitro benzene ring substituents is 1. The van der Waals surface area contributed by atoms with Crippen molar-refractivity contribution in [3.8, 4) is 0 Å². The van der Waals surface area contributed by atoms with Gasteiger partial charge in [-0.2, -0.15) is 0 Å². The zero-order valence-electron chi connectivity index (χ0n) is 11.1. The summed E-state index contributed by atoms with van der Waals surface area (Å²) in [5.74, 6) is 0. The highest BCUT2D eigenvalue weighted by molar-refractivity contribution is 5.76. The van der Waals surface area contributed by atoms with Crippen LogP contribution in [0.25, 0.3) is 0 Å². The summed E-state index contributed by atoms with van der Waals surface area (Å²) in [6.45, 7) is 3.64. The van der Waals surface area contributed by atoms with Gasteiger partial charge in [0.05, 0.1) is 17.7 Å². The molecule has 2 aromatic rings. The molecule has 0 unspecified atom stereocenters. The van der Waals surface area contributed by atoms with Crippen molar-refractivity contribution in [3.63, 3.8) is 0 Å². The molecule has 0 saturated carbocycles. The van der Waals surface area contributed by atoms with Gasteiger partial charge in [0.2, 0.25) is 0 Å². The maximum Gasteiger partial charge on any atom is 0.315 e. The van der Waals surface area contributed by atoms with Gasteiger partial charge < -0.3 is 10.6 Å². The van der Waals surface area contributed by atoms with Gasteiger partial charge in [-0.3, -0.25) is 14.8 Å². The second-order valence-electron chi connectivity index (χ2n) is 4.08. The number of hydrogen-bond donors (Lipinski definition) is 2. The highest BCUT2D eigenvalue weighted by atomic mass is 16.6. The van der Waals surface area contributed by atoms with Crippen molar-refractivity contribution in [2.75, 3.05) is 23.7 Å². The molecule has 106 valence electrons. The number of nitrogens with one attached hydrogen (secondary N) is 2. The number of nitro groups is 1. The molecule has 8 nitrogen and oxygen atoms in total. The van der Waals surface area contributed by atoms with Gasteiger partial charge in [0.25, 0.3) is 0 Å². The lowest BCUT2D eigenvalue weighted by atomic mass is 10.2. The van der Waals surface area contributed by atoms with Crippen LogP contribution >= 0.6 is 0 Å². The van der Waals surface area contributed by atoms with Crippen LogP contribution in [0.3, 0.4) is 0 Å². The zero-order chi connectivity index (χ0) is 14.4. The summed E-state index contributed by atoms with van der Waals surface area (Å²) in [5, 5.41) is 24.8. The molecule has 0 radical (unpaired) electrons. The van der Waals surface area contributed by atoms with Crippen LogP contribution < -0.4 is 10.6 Å². The average molecular weight is 276 g/mol. The van der Waals surface area contributed by atoms with E-state index in [0.29, 0.717) is 31.0 Å². The summed E-state index contributed by atoms with van der Waals surface area (Å²) in [6.07, 6.45) is 3.33. The van der Waals surface area contributed by atoms with Gasteiger partial charge >= 0.3 is 5.69 Å². The van der Waals surface area contributed by atoms with Crippen molar-refractivity contribution < 1.29 is 4.92 Å². The van der Waals surface area contributed by atoms with E-state index in [4.69, 9.17) is 0 Å². The lowest BCUT2D eigenvalue weighted by molar-refractivity contribution is -0.383. The topological polar surface area (TPSA) is 97.9 Å². The molecule has 20 heavy (non-hydrogen) atoms. The first-order valence-corrected chi connectivity index (χ1v) is 6.31. The van der Waals surface area contributed by atoms with Crippen LogP contribution in [0, 0.1) is 10.1 Å². The normalized spacial score (nSPS) is 10.2. The van der Waals surface area contributed by atoms with Crippen LogP contribution in [0.4, 0.5) is 17.1 Å². The summed E-state index contributed by atoms with van der Waals surface area (Å²) < 4.78 is 1.66. The van der Waals surface area contributed by atoms with Gasteiger partial charge in [0.15, 0.2) is 0 Å². The van der Waals surface area contributed by atoms with E-state index in [0.717, 1.165) is 0 Å². The van der Waals surface area contributed by atoms with Crippen molar-refractivity contribution in [3.05, 3.63) is 40.7 Å². The molecule has 1 heterocycles. The van der Waals surface area contributed by atoms with E-state index in [1.807, 2.05) is 6.92 Å². The molecule has 0 aliphatic rings. The summed E-state index contributed by atoms with van der Waals surface area (Å²) in [6, 6.07) is 5.17. The number of para-hydroxylation sites is 1. The fraction of sp³-hybridized carbons (Fsp3) is 0.333. The minimum absolute atomic E-state index is 0.0629. The standard InChI is InChI=1S/C12H16N6O2/c1-2-13-10-4-3-5-11(12(10)18(19)20)14-6-8-17-9-7-15-16-17/h3-5,7,9,13-14H,2,6,8H2,1H3. The summed E-state index contributed by atoms with van der Waals surface area (Å²) in [4.78, 5) is 10.8. The third kappa shape index (κ3) is 3.22. The predicted octanol–water partition coefficient (Wildman–Crippen LogP) is 1.73. The fourth-order valence-electron chi connectivity index (χ4n) is 1.87. The van der Waals surface area contributed by atoms with E-state index >= 15 is 0 Å². The Bertz CT molecular complexity index is 569. The summed E-state index contributed by atoms with van der Waals surface area (Å²) in [5.41, 5.74) is 1.07. The van der Waals surface area contributed by atoms with Crippen molar-refractivity contribution in [1.29, 1.82) is 0 Å². The Morgan fingerprint density at radius 1 is 1.35 bits per heavy atom. The Hall–Kier alpha value is -2.64. The summed E-state index contributed by atoms with van der Waals surface area (Å²) >= 11 is 0. The Kier molecular flexibility index (Phi) is 4.48. The Morgan fingerprint density at radius 3 is 2.70 bits per heavy atom. The largest absolute Gasteiger partial charge is 0.380 e. The van der Waals surface area contributed by atoms with Crippen molar-refractivity contribution in [1.82, 2.24) is 15.0 Å². The molecule has 0 spiro atoms. The van der Waals surface area contributed by atoms with Crippen LogP contribution in [0.15, 0.2) is 30.6 Å². The predicted molar refractivity (Wildman–Crippen MR) is 75.8 cm³/mol. The number of rotatable bonds is 7. The van der Waals surface area contributed by atoms with E-state index in [2.05, 4.69) is 20.9 Å². The molecular formula is C12H16N6O2. The summed E-state index contributed by atoms with van der Waals surface area (Å²) in [7, 11) is 0. The minimum Gasteiger partial charge on any atom is -0.380 e. The average Bonchev–Trinajstić information content (AvgIpc) is 2.92. The van der Waals surface area contributed by atoms with Crippen molar-refractivity contribution in [2.45, 2.75) is 13.5 Å². The third-order valence-corrected chi connectivity index (χ3v) is 2.71. The lowest BCUT2D eigenvalue weighted by Crippen LogP contribution is -2.12. The number of aromatic nitrogens is 3. The molecule has 0 fully saturated rings. The second-order valence-corrected chi connectivity index (χ2v) is 4.08. The van der Waals surface area contributed by atoms with Crippen LogP contribution in [-0.4, -0.2) is 33.0 Å². The van der Waals surface area contributed by atoms with Crippen LogP contribution in [0.2, 0.25) is 0 Å². The van der Waals surface area contributed by atoms with Gasteiger partial charge in [-0.05, 0) is 19.1 Å². The Labute approximate surface area is 115 Å². The van der Waals surface area contributed by atoms with Gasteiger partial charge in [0, 0.05) is 19.3 Å². The first kappa shape index (κ1) is 13.8. The molecule has 8 heteroatoms. The maximum absolute atomic E-state index is 11.2. The molecular weight excluding hydrogens is 260 g/mol. The van der Waals surface area contributed by atoms with Crippen molar-refractivity contribution in [2.24, 2.45) is 0 Å². The number of nitrogens with zero attached hydrogens (tertiary/aromatic N) is 4. The highest BCUT2D eigenvalue weighted by Gasteiger charge is 2.18. The van der Waals surface area contributed by atoms with E-state index in [1.165, 1.54) is 0 Å². The quantitative estimate of drug-likeness (QED) is 0.590. The first-order chi connectivity index (χ1) is 9.72. The number of benzene rings is 1. The molecule has 1 aromatic heterocycles. The molecule has 0 aliphatic carbocycles. The fourth-order valence-corrected chi connectivity index (χ4v) is 1.87. The molecule has 0 atom stereocenters. The maximum atomic E-state index is 11.2. The van der Waals surface area contributed by atoms with Gasteiger partial charge in [-0.1, -0.05) is 11.3 Å². The number of hydrogen-bond acceptors (Lipinski definition) is 6. The molecule has 0 bridgehead atoms. The first-order valence-electron chi connectivity index (χ1n) is 6.31. The van der Waals surface area contributed by atoms with E-state index < -0.39 is 0 Å². The Balaban J connectivity index is 2.09. The van der Waals surface area contributed by atoms with Gasteiger partial charge in [-0.25, -0.2) is 0 Å². The van der Waals surface area contributed by atoms with Crippen molar-refractivity contribution >= 4 is 17.1 Å². The van der Waals surface area contributed by atoms with E-state index in [-0.39, 0.29) is 10.6 Å². The molecule has 2 N–H and O–H groups in total. The Morgan fingerprint density at radius 2 is 2.10 bits per heavy atom. The van der Waals surface area contributed by atoms with Gasteiger partial charge in [-0.15, -0.1) is 5.10 Å². The molecule has 0 aliphatic heterocycles. The van der Waals surface area contributed by atoms with E-state index in [9.17, 15) is 10.1 Å². The highest BCUT2D eigenvalue weighted by Crippen LogP contribution is 2.32. The minimum atomic E-state index is -0.379. The second kappa shape index (κ2) is 6.50. The number of anilines is 2. The zero-order valence-corrected chi connectivity index (χ0v) is 11.1. The van der Waals surface area contributed by atoms with Crippen LogP contribution in [0.1, 0.15) is 6.92 Å². The lowest BCUT2D eigenvalue weighted by Gasteiger charge is -2.10. The molecule has 0 saturated heterocycles.